The number of nitrogens with zero attached hydrogens (tertiary/aromatic N) is 3. The van der Waals surface area contributed by atoms with Crippen molar-refractivity contribution in [1.82, 2.24) is 4.90 Å². The molecule has 2 aliphatic heterocycles. The van der Waals surface area contributed by atoms with Crippen LogP contribution in [-0.4, -0.2) is 55.8 Å². The number of piperidine rings is 1. The van der Waals surface area contributed by atoms with E-state index >= 15 is 0 Å². The SMILES string of the molecule is O=[N+]([O-])c1ccc(N2CCC(CCN3CCOCC3)CC2)c(Cl)c1. The van der Waals surface area contributed by atoms with Crippen LogP contribution in [0.5, 0.6) is 0 Å². The Kier molecular flexibility index (Phi) is 5.92. The zero-order valence-electron chi connectivity index (χ0n) is 13.8. The quantitative estimate of drug-likeness (QED) is 0.601. The van der Waals surface area contributed by atoms with Gasteiger partial charge in [-0.3, -0.25) is 15.0 Å². The lowest BCUT2D eigenvalue weighted by molar-refractivity contribution is -0.384. The molecule has 0 bridgehead atoms. The summed E-state index contributed by atoms with van der Waals surface area (Å²) in [6.45, 7) is 6.91. The predicted molar refractivity (Wildman–Crippen MR) is 94.9 cm³/mol. The Morgan fingerprint density at radius 1 is 1.21 bits per heavy atom. The van der Waals surface area contributed by atoms with Crippen molar-refractivity contribution in [2.45, 2.75) is 19.3 Å². The van der Waals surface area contributed by atoms with Crippen molar-refractivity contribution < 1.29 is 9.66 Å². The van der Waals surface area contributed by atoms with Crippen LogP contribution >= 0.6 is 11.6 Å². The normalized spacial score (nSPS) is 20.3. The van der Waals surface area contributed by atoms with Crippen molar-refractivity contribution in [1.29, 1.82) is 0 Å². The minimum absolute atomic E-state index is 0.0455. The maximum absolute atomic E-state index is 10.8. The summed E-state index contributed by atoms with van der Waals surface area (Å²) in [5.74, 6) is 0.751. The fourth-order valence-corrected chi connectivity index (χ4v) is 3.81. The fourth-order valence-electron chi connectivity index (χ4n) is 3.52. The van der Waals surface area contributed by atoms with Crippen LogP contribution in [0.1, 0.15) is 19.3 Å². The Morgan fingerprint density at radius 2 is 1.92 bits per heavy atom. The smallest absolute Gasteiger partial charge is 0.271 e. The lowest BCUT2D eigenvalue weighted by atomic mass is 9.93. The summed E-state index contributed by atoms with van der Waals surface area (Å²) in [6.07, 6.45) is 3.54. The first-order valence-electron chi connectivity index (χ1n) is 8.62. The van der Waals surface area contributed by atoms with E-state index in [2.05, 4.69) is 9.80 Å². The van der Waals surface area contributed by atoms with Crippen LogP contribution in [0.4, 0.5) is 11.4 Å². The number of hydrogen-bond acceptors (Lipinski definition) is 5. The van der Waals surface area contributed by atoms with Crippen molar-refractivity contribution in [3.63, 3.8) is 0 Å². The Balaban J connectivity index is 1.48. The summed E-state index contributed by atoms with van der Waals surface area (Å²) in [4.78, 5) is 15.1. The first-order valence-corrected chi connectivity index (χ1v) is 9.00. The Morgan fingerprint density at radius 3 is 2.54 bits per heavy atom. The van der Waals surface area contributed by atoms with Gasteiger partial charge in [-0.05, 0) is 37.8 Å². The van der Waals surface area contributed by atoms with E-state index in [1.807, 2.05) is 0 Å². The second-order valence-corrected chi connectivity index (χ2v) is 6.97. The second-order valence-electron chi connectivity index (χ2n) is 6.57. The first-order chi connectivity index (χ1) is 11.6. The molecule has 0 unspecified atom stereocenters. The molecule has 0 aromatic heterocycles. The highest BCUT2D eigenvalue weighted by Gasteiger charge is 2.22. The molecule has 132 valence electrons. The van der Waals surface area contributed by atoms with Crippen LogP contribution in [0.15, 0.2) is 18.2 Å². The van der Waals surface area contributed by atoms with Gasteiger partial charge in [0, 0.05) is 38.3 Å². The molecule has 3 rings (SSSR count). The third-order valence-corrected chi connectivity index (χ3v) is 5.36. The molecular formula is C17H24ClN3O3. The van der Waals surface area contributed by atoms with Crippen molar-refractivity contribution in [3.8, 4) is 0 Å². The second kappa shape index (κ2) is 8.14. The third kappa shape index (κ3) is 4.37. The molecule has 0 amide bonds. The highest BCUT2D eigenvalue weighted by Crippen LogP contribution is 2.33. The van der Waals surface area contributed by atoms with E-state index in [4.69, 9.17) is 16.3 Å². The van der Waals surface area contributed by atoms with Crippen molar-refractivity contribution in [3.05, 3.63) is 33.3 Å². The van der Waals surface area contributed by atoms with Crippen LogP contribution in [0.3, 0.4) is 0 Å². The number of non-ortho nitro benzene ring substituents is 1. The molecule has 0 atom stereocenters. The summed E-state index contributed by atoms with van der Waals surface area (Å²) >= 11 is 6.24. The van der Waals surface area contributed by atoms with Crippen LogP contribution in [0.25, 0.3) is 0 Å². The summed E-state index contributed by atoms with van der Waals surface area (Å²) in [6, 6.07) is 4.75. The van der Waals surface area contributed by atoms with Crippen molar-refractivity contribution in [2.24, 2.45) is 5.92 Å². The van der Waals surface area contributed by atoms with E-state index in [1.165, 1.54) is 18.6 Å². The maximum Gasteiger partial charge on any atom is 0.271 e. The Hall–Kier alpha value is -1.37. The van der Waals surface area contributed by atoms with E-state index in [-0.39, 0.29) is 5.69 Å². The Bertz CT molecular complexity index is 570. The van der Waals surface area contributed by atoms with Gasteiger partial charge in [0.25, 0.3) is 5.69 Å². The molecule has 0 N–H and O–H groups in total. The number of nitro groups is 1. The van der Waals surface area contributed by atoms with Gasteiger partial charge in [0.1, 0.15) is 0 Å². The van der Waals surface area contributed by atoms with E-state index in [9.17, 15) is 10.1 Å². The molecule has 2 heterocycles. The highest BCUT2D eigenvalue weighted by molar-refractivity contribution is 6.33. The van der Waals surface area contributed by atoms with Gasteiger partial charge in [-0.15, -0.1) is 0 Å². The lowest BCUT2D eigenvalue weighted by Crippen LogP contribution is -2.39. The molecule has 2 fully saturated rings. The maximum atomic E-state index is 10.8. The van der Waals surface area contributed by atoms with E-state index in [0.717, 1.165) is 70.4 Å². The molecule has 7 heteroatoms. The average molecular weight is 354 g/mol. The van der Waals surface area contributed by atoms with Gasteiger partial charge < -0.3 is 9.64 Å². The average Bonchev–Trinajstić information content (AvgIpc) is 2.61. The molecule has 1 aromatic rings. The zero-order valence-corrected chi connectivity index (χ0v) is 14.6. The highest BCUT2D eigenvalue weighted by atomic mass is 35.5. The molecule has 0 saturated carbocycles. The van der Waals surface area contributed by atoms with Crippen LogP contribution in [0, 0.1) is 16.0 Å². The molecular weight excluding hydrogens is 330 g/mol. The number of halogens is 1. The zero-order chi connectivity index (χ0) is 16.9. The van der Waals surface area contributed by atoms with E-state index in [1.54, 1.807) is 6.07 Å². The molecule has 0 aliphatic carbocycles. The van der Waals surface area contributed by atoms with E-state index < -0.39 is 4.92 Å². The molecule has 6 nitrogen and oxygen atoms in total. The standard InChI is InChI=1S/C17H24ClN3O3/c18-16-13-15(21(22)23)1-2-17(16)20-7-4-14(5-8-20)3-6-19-9-11-24-12-10-19/h1-2,13-14H,3-12H2. The molecule has 0 radical (unpaired) electrons. The topological polar surface area (TPSA) is 58.9 Å². The third-order valence-electron chi connectivity index (χ3n) is 5.05. The number of ether oxygens (including phenoxy) is 1. The van der Waals surface area contributed by atoms with Crippen LogP contribution < -0.4 is 4.90 Å². The largest absolute Gasteiger partial charge is 0.379 e. The van der Waals surface area contributed by atoms with Gasteiger partial charge in [0.05, 0.1) is 28.8 Å². The molecule has 1 aromatic carbocycles. The van der Waals surface area contributed by atoms with Crippen molar-refractivity contribution in [2.75, 3.05) is 50.8 Å². The van der Waals surface area contributed by atoms with Gasteiger partial charge in [0.2, 0.25) is 0 Å². The van der Waals surface area contributed by atoms with Crippen LogP contribution in [-0.2, 0) is 4.74 Å². The van der Waals surface area contributed by atoms with Gasteiger partial charge in [0.15, 0.2) is 0 Å². The van der Waals surface area contributed by atoms with Gasteiger partial charge >= 0.3 is 0 Å². The Labute approximate surface area is 147 Å². The first kappa shape index (κ1) is 17.5. The predicted octanol–water partition coefficient (Wildman–Crippen LogP) is 3.19. The number of nitro benzene ring substituents is 1. The van der Waals surface area contributed by atoms with Gasteiger partial charge in [-0.1, -0.05) is 11.6 Å². The van der Waals surface area contributed by atoms with Gasteiger partial charge in [-0.25, -0.2) is 0 Å². The minimum Gasteiger partial charge on any atom is -0.379 e. The summed E-state index contributed by atoms with van der Waals surface area (Å²) in [5, 5.41) is 11.3. The number of hydrogen-bond donors (Lipinski definition) is 0. The number of anilines is 1. The molecule has 2 aliphatic rings. The van der Waals surface area contributed by atoms with Gasteiger partial charge in [-0.2, -0.15) is 0 Å². The molecule has 24 heavy (non-hydrogen) atoms. The number of morpholine rings is 1. The number of rotatable bonds is 5. The number of benzene rings is 1. The summed E-state index contributed by atoms with van der Waals surface area (Å²) in [7, 11) is 0. The summed E-state index contributed by atoms with van der Waals surface area (Å²) in [5.41, 5.74) is 0.957. The van der Waals surface area contributed by atoms with Crippen LogP contribution in [0.2, 0.25) is 5.02 Å². The minimum atomic E-state index is -0.409. The lowest BCUT2D eigenvalue weighted by Gasteiger charge is -2.35. The van der Waals surface area contributed by atoms with Crippen molar-refractivity contribution >= 4 is 23.0 Å². The fraction of sp³-hybridized carbons (Fsp3) is 0.647. The monoisotopic (exact) mass is 353 g/mol. The van der Waals surface area contributed by atoms with E-state index in [0.29, 0.717) is 5.02 Å². The summed E-state index contributed by atoms with van der Waals surface area (Å²) < 4.78 is 5.39. The molecule has 0 spiro atoms. The molecule has 2 saturated heterocycles.